The minimum Gasteiger partial charge on any atom is -0.351 e. The minimum atomic E-state index is -0.690. The van der Waals surface area contributed by atoms with Crippen molar-refractivity contribution < 1.29 is 14.0 Å². The third kappa shape index (κ3) is 2.45. The Morgan fingerprint density at radius 2 is 2.30 bits per heavy atom. The summed E-state index contributed by atoms with van der Waals surface area (Å²) in [4.78, 5) is 25.3. The van der Waals surface area contributed by atoms with Crippen LogP contribution in [0.25, 0.3) is 0 Å². The molecule has 1 aliphatic rings. The number of nitrogens with one attached hydrogen (secondary N) is 1. The van der Waals surface area contributed by atoms with Crippen LogP contribution >= 0.6 is 0 Å². The van der Waals surface area contributed by atoms with Gasteiger partial charge in [0.25, 0.3) is 0 Å². The van der Waals surface area contributed by atoms with E-state index >= 15 is 0 Å². The molecule has 0 aromatic heterocycles. The van der Waals surface area contributed by atoms with Crippen LogP contribution < -0.4 is 11.1 Å². The van der Waals surface area contributed by atoms with Crippen molar-refractivity contribution in [2.24, 2.45) is 11.7 Å². The molecule has 0 radical (unpaired) electrons. The number of urea groups is 1. The van der Waals surface area contributed by atoms with Crippen molar-refractivity contribution in [2.45, 2.75) is 32.9 Å². The number of nitrogens with two attached hydrogens (primary N) is 1. The number of primary amides is 1. The number of benzene rings is 1. The summed E-state index contributed by atoms with van der Waals surface area (Å²) in [5.74, 6) is -0.980. The summed E-state index contributed by atoms with van der Waals surface area (Å²) in [5.41, 5.74) is 6.07. The van der Waals surface area contributed by atoms with Crippen molar-refractivity contribution in [3.63, 3.8) is 0 Å². The Morgan fingerprint density at radius 1 is 1.60 bits per heavy atom. The van der Waals surface area contributed by atoms with Gasteiger partial charge in [0, 0.05) is 0 Å². The fraction of sp³-hybridized carbons (Fsp3) is 0.429. The van der Waals surface area contributed by atoms with Gasteiger partial charge in [-0.2, -0.15) is 0 Å². The molecule has 2 rings (SSSR count). The Kier molecular flexibility index (Phi) is 3.92. The van der Waals surface area contributed by atoms with Crippen LogP contribution in [-0.4, -0.2) is 22.9 Å². The van der Waals surface area contributed by atoms with Gasteiger partial charge in [-0.3, -0.25) is 4.79 Å². The summed E-state index contributed by atoms with van der Waals surface area (Å²) >= 11 is 0. The Labute approximate surface area is 116 Å². The van der Waals surface area contributed by atoms with E-state index in [1.54, 1.807) is 12.1 Å². The van der Waals surface area contributed by atoms with Crippen molar-refractivity contribution in [1.82, 2.24) is 4.90 Å². The summed E-state index contributed by atoms with van der Waals surface area (Å²) < 4.78 is 13.8. The third-order valence-electron chi connectivity index (χ3n) is 3.76. The number of rotatable bonds is 2. The molecule has 0 saturated heterocycles. The summed E-state index contributed by atoms with van der Waals surface area (Å²) in [7, 11) is 0. The molecule has 108 valence electrons. The first-order chi connectivity index (χ1) is 9.45. The first-order valence-electron chi connectivity index (χ1n) is 6.60. The van der Waals surface area contributed by atoms with Crippen molar-refractivity contribution in [3.8, 4) is 0 Å². The second kappa shape index (κ2) is 5.48. The maximum atomic E-state index is 13.8. The van der Waals surface area contributed by atoms with Gasteiger partial charge in [0.15, 0.2) is 0 Å². The molecule has 6 heteroatoms. The molecule has 1 aromatic carbocycles. The second-order valence-corrected chi connectivity index (χ2v) is 5.06. The number of para-hydroxylation sites is 1. The molecular formula is C14H18FN3O2. The zero-order valence-corrected chi connectivity index (χ0v) is 11.5. The van der Waals surface area contributed by atoms with E-state index in [2.05, 4.69) is 5.32 Å². The van der Waals surface area contributed by atoms with Gasteiger partial charge >= 0.3 is 6.03 Å². The third-order valence-corrected chi connectivity index (χ3v) is 3.76. The number of hydrogen-bond acceptors (Lipinski definition) is 2. The lowest BCUT2D eigenvalue weighted by atomic mass is 9.97. The SMILES string of the molecule is CC[C@H](C)[C@H]1C(=O)Nc2c(F)cccc2CN1C(N)=O. The number of anilines is 1. The molecule has 0 fully saturated rings. The van der Waals surface area contributed by atoms with Crippen LogP contribution in [0.3, 0.4) is 0 Å². The molecule has 0 unspecified atom stereocenters. The molecule has 3 amide bonds. The number of hydrogen-bond donors (Lipinski definition) is 2. The van der Waals surface area contributed by atoms with E-state index < -0.39 is 23.8 Å². The number of fused-ring (bicyclic) bond motifs is 1. The molecule has 1 heterocycles. The predicted octanol–water partition coefficient (Wildman–Crippen LogP) is 2.07. The van der Waals surface area contributed by atoms with Crippen LogP contribution in [0.15, 0.2) is 18.2 Å². The van der Waals surface area contributed by atoms with Gasteiger partial charge in [-0.05, 0) is 17.5 Å². The number of carbonyl (C=O) groups is 2. The molecule has 2 atom stereocenters. The monoisotopic (exact) mass is 279 g/mol. The van der Waals surface area contributed by atoms with Crippen molar-refractivity contribution in [2.75, 3.05) is 5.32 Å². The van der Waals surface area contributed by atoms with Crippen LogP contribution in [0.5, 0.6) is 0 Å². The molecule has 0 saturated carbocycles. The van der Waals surface area contributed by atoms with Crippen molar-refractivity contribution in [1.29, 1.82) is 0 Å². The van der Waals surface area contributed by atoms with Gasteiger partial charge in [-0.15, -0.1) is 0 Å². The van der Waals surface area contributed by atoms with E-state index in [1.807, 2.05) is 13.8 Å². The molecule has 0 aliphatic carbocycles. The van der Waals surface area contributed by atoms with Gasteiger partial charge in [-0.25, -0.2) is 9.18 Å². The van der Waals surface area contributed by atoms with Gasteiger partial charge < -0.3 is 16.0 Å². The Morgan fingerprint density at radius 3 is 2.90 bits per heavy atom. The summed E-state index contributed by atoms with van der Waals surface area (Å²) in [6.07, 6.45) is 0.709. The van der Waals surface area contributed by atoms with E-state index in [1.165, 1.54) is 11.0 Å². The van der Waals surface area contributed by atoms with Crippen LogP contribution in [0.2, 0.25) is 0 Å². The lowest BCUT2D eigenvalue weighted by Gasteiger charge is -2.30. The molecular weight excluding hydrogens is 261 g/mol. The highest BCUT2D eigenvalue weighted by atomic mass is 19.1. The Bertz CT molecular complexity index is 547. The minimum absolute atomic E-state index is 0.0696. The standard InChI is InChI=1S/C14H18FN3O2/c1-3-8(2)12-13(19)17-11-9(5-4-6-10(11)15)7-18(12)14(16)20/h4-6,8,12H,3,7H2,1-2H3,(H2,16,20)(H,17,19)/t8-,12-/m0/s1. The van der Waals surface area contributed by atoms with Gasteiger partial charge in [-0.1, -0.05) is 32.4 Å². The van der Waals surface area contributed by atoms with E-state index in [-0.39, 0.29) is 18.2 Å². The van der Waals surface area contributed by atoms with E-state index in [4.69, 9.17) is 5.73 Å². The maximum absolute atomic E-state index is 13.8. The lowest BCUT2D eigenvalue weighted by molar-refractivity contribution is -0.121. The van der Waals surface area contributed by atoms with Crippen LogP contribution in [0.1, 0.15) is 25.8 Å². The highest BCUT2D eigenvalue weighted by molar-refractivity contribution is 5.98. The fourth-order valence-electron chi connectivity index (χ4n) is 2.46. The molecule has 0 spiro atoms. The topological polar surface area (TPSA) is 75.4 Å². The largest absolute Gasteiger partial charge is 0.351 e. The number of nitrogens with zero attached hydrogens (tertiary/aromatic N) is 1. The normalized spacial score (nSPS) is 19.9. The van der Waals surface area contributed by atoms with Crippen LogP contribution in [0.4, 0.5) is 14.9 Å². The van der Waals surface area contributed by atoms with Gasteiger partial charge in [0.05, 0.1) is 12.2 Å². The average molecular weight is 279 g/mol. The van der Waals surface area contributed by atoms with Crippen LogP contribution in [0, 0.1) is 11.7 Å². The smallest absolute Gasteiger partial charge is 0.315 e. The fourth-order valence-corrected chi connectivity index (χ4v) is 2.46. The Balaban J connectivity index is 2.48. The molecule has 20 heavy (non-hydrogen) atoms. The zero-order valence-electron chi connectivity index (χ0n) is 11.5. The quantitative estimate of drug-likeness (QED) is 0.869. The number of halogens is 1. The molecule has 5 nitrogen and oxygen atoms in total. The predicted molar refractivity (Wildman–Crippen MR) is 73.4 cm³/mol. The molecule has 3 N–H and O–H groups in total. The summed E-state index contributed by atoms with van der Waals surface area (Å²) in [5, 5.41) is 2.58. The zero-order chi connectivity index (χ0) is 14.9. The average Bonchev–Trinajstić information content (AvgIpc) is 2.55. The van der Waals surface area contributed by atoms with Gasteiger partial charge in [0.2, 0.25) is 5.91 Å². The lowest BCUT2D eigenvalue weighted by Crippen LogP contribution is -2.50. The first-order valence-corrected chi connectivity index (χ1v) is 6.60. The molecule has 0 bridgehead atoms. The summed E-state index contributed by atoms with van der Waals surface area (Å²) in [6.45, 7) is 3.92. The second-order valence-electron chi connectivity index (χ2n) is 5.06. The first kappa shape index (κ1) is 14.3. The molecule has 1 aliphatic heterocycles. The highest BCUT2D eigenvalue weighted by Gasteiger charge is 2.36. The molecule has 1 aromatic rings. The highest BCUT2D eigenvalue weighted by Crippen LogP contribution is 2.28. The van der Waals surface area contributed by atoms with Crippen LogP contribution in [-0.2, 0) is 11.3 Å². The maximum Gasteiger partial charge on any atom is 0.315 e. The summed E-state index contributed by atoms with van der Waals surface area (Å²) in [6, 6.07) is 3.13. The van der Waals surface area contributed by atoms with E-state index in [9.17, 15) is 14.0 Å². The van der Waals surface area contributed by atoms with Crippen molar-refractivity contribution in [3.05, 3.63) is 29.6 Å². The number of carbonyl (C=O) groups excluding carboxylic acids is 2. The van der Waals surface area contributed by atoms with E-state index in [0.717, 1.165) is 0 Å². The van der Waals surface area contributed by atoms with E-state index in [0.29, 0.717) is 12.0 Å². The van der Waals surface area contributed by atoms with Crippen molar-refractivity contribution >= 4 is 17.6 Å². The number of amides is 3. The van der Waals surface area contributed by atoms with Gasteiger partial charge in [0.1, 0.15) is 11.9 Å². The Hall–Kier alpha value is -2.11.